The predicted molar refractivity (Wildman–Crippen MR) is 79.4 cm³/mol. The Kier molecular flexibility index (Phi) is 3.29. The first-order chi connectivity index (χ1) is 10.1. The molecule has 0 spiro atoms. The van der Waals surface area contributed by atoms with Crippen molar-refractivity contribution < 1.29 is 15.0 Å². The van der Waals surface area contributed by atoms with Gasteiger partial charge in [0.15, 0.2) is 11.5 Å². The first-order valence-electron chi connectivity index (χ1n) is 6.95. The van der Waals surface area contributed by atoms with Gasteiger partial charge in [0.1, 0.15) is 0 Å². The summed E-state index contributed by atoms with van der Waals surface area (Å²) < 4.78 is 0. The molecule has 0 saturated carbocycles. The lowest BCUT2D eigenvalue weighted by atomic mass is 10.1. The standard InChI is InChI=1S/C17H17NO3/c1-18(14-10-9-11-5-2-3-6-12(11)14)17(21)13-7-4-8-15(19)16(13)20/h2-8,14,19-20H,9-10H2,1H3/t14-/m0/s1. The van der Waals surface area contributed by atoms with Crippen molar-refractivity contribution in [2.24, 2.45) is 0 Å². The highest BCUT2D eigenvalue weighted by molar-refractivity contribution is 5.97. The molecule has 2 N–H and O–H groups in total. The molecule has 1 aliphatic carbocycles. The maximum Gasteiger partial charge on any atom is 0.258 e. The van der Waals surface area contributed by atoms with Gasteiger partial charge in [0.25, 0.3) is 5.91 Å². The van der Waals surface area contributed by atoms with Crippen LogP contribution in [0, 0.1) is 0 Å². The van der Waals surface area contributed by atoms with Crippen molar-refractivity contribution in [1.29, 1.82) is 0 Å². The molecule has 2 aromatic carbocycles. The van der Waals surface area contributed by atoms with Crippen molar-refractivity contribution in [3.63, 3.8) is 0 Å². The molecule has 0 aromatic heterocycles. The molecule has 0 unspecified atom stereocenters. The molecule has 0 fully saturated rings. The van der Waals surface area contributed by atoms with Gasteiger partial charge in [-0.25, -0.2) is 0 Å². The molecule has 4 heteroatoms. The van der Waals surface area contributed by atoms with E-state index >= 15 is 0 Å². The number of benzene rings is 2. The van der Waals surface area contributed by atoms with Crippen LogP contribution in [0.3, 0.4) is 0 Å². The van der Waals surface area contributed by atoms with E-state index in [1.807, 2.05) is 18.2 Å². The van der Waals surface area contributed by atoms with Gasteiger partial charge < -0.3 is 15.1 Å². The number of nitrogens with zero attached hydrogens (tertiary/aromatic N) is 1. The molecule has 1 amide bonds. The van der Waals surface area contributed by atoms with Gasteiger partial charge in [-0.2, -0.15) is 0 Å². The Hall–Kier alpha value is -2.49. The van der Waals surface area contributed by atoms with Crippen molar-refractivity contribution >= 4 is 5.91 Å². The Bertz CT molecular complexity index is 696. The third-order valence-corrected chi connectivity index (χ3v) is 4.13. The van der Waals surface area contributed by atoms with Gasteiger partial charge in [-0.05, 0) is 36.1 Å². The fourth-order valence-corrected chi connectivity index (χ4v) is 2.97. The number of phenols is 2. The van der Waals surface area contributed by atoms with Gasteiger partial charge in [-0.1, -0.05) is 30.3 Å². The number of aromatic hydroxyl groups is 2. The van der Waals surface area contributed by atoms with Crippen LogP contribution < -0.4 is 0 Å². The number of fused-ring (bicyclic) bond motifs is 1. The molecular weight excluding hydrogens is 266 g/mol. The van der Waals surface area contributed by atoms with E-state index in [4.69, 9.17) is 0 Å². The van der Waals surface area contributed by atoms with Gasteiger partial charge in [0.05, 0.1) is 11.6 Å². The Morgan fingerprint density at radius 3 is 2.71 bits per heavy atom. The van der Waals surface area contributed by atoms with E-state index in [-0.39, 0.29) is 29.0 Å². The number of carbonyl (C=O) groups excluding carboxylic acids is 1. The Morgan fingerprint density at radius 2 is 1.90 bits per heavy atom. The van der Waals surface area contributed by atoms with Crippen LogP contribution in [0.25, 0.3) is 0 Å². The number of phenolic OH excluding ortho intramolecular Hbond substituents is 2. The third kappa shape index (κ3) is 2.23. The summed E-state index contributed by atoms with van der Waals surface area (Å²) in [6, 6.07) is 12.5. The van der Waals surface area contributed by atoms with Crippen molar-refractivity contribution in [3.05, 3.63) is 59.2 Å². The van der Waals surface area contributed by atoms with Crippen molar-refractivity contribution in [2.45, 2.75) is 18.9 Å². The minimum Gasteiger partial charge on any atom is -0.504 e. The van der Waals surface area contributed by atoms with Crippen LogP contribution in [0.2, 0.25) is 0 Å². The zero-order valence-electron chi connectivity index (χ0n) is 11.8. The molecule has 1 aliphatic rings. The second-order valence-corrected chi connectivity index (χ2v) is 5.34. The highest BCUT2D eigenvalue weighted by atomic mass is 16.3. The monoisotopic (exact) mass is 283 g/mol. The number of aryl methyl sites for hydroxylation is 1. The summed E-state index contributed by atoms with van der Waals surface area (Å²) in [5, 5.41) is 19.4. The minimum absolute atomic E-state index is 0.00967. The summed E-state index contributed by atoms with van der Waals surface area (Å²) in [6.45, 7) is 0. The quantitative estimate of drug-likeness (QED) is 0.833. The van der Waals surface area contributed by atoms with E-state index in [2.05, 4.69) is 6.07 Å². The lowest BCUT2D eigenvalue weighted by molar-refractivity contribution is 0.0727. The number of para-hydroxylation sites is 1. The topological polar surface area (TPSA) is 60.8 Å². The average Bonchev–Trinajstić information content (AvgIpc) is 2.92. The van der Waals surface area contributed by atoms with Crippen LogP contribution in [0.1, 0.15) is 33.9 Å². The first kappa shape index (κ1) is 13.5. The predicted octanol–water partition coefficient (Wildman–Crippen LogP) is 2.86. The molecule has 1 atom stereocenters. The molecule has 0 radical (unpaired) electrons. The summed E-state index contributed by atoms with van der Waals surface area (Å²) in [5.74, 6) is -0.924. The van der Waals surface area contributed by atoms with E-state index in [1.54, 1.807) is 18.0 Å². The summed E-state index contributed by atoms with van der Waals surface area (Å²) in [6.07, 6.45) is 1.83. The Morgan fingerprint density at radius 1 is 1.14 bits per heavy atom. The van der Waals surface area contributed by atoms with Gasteiger partial charge in [-0.3, -0.25) is 4.79 Å². The van der Waals surface area contributed by atoms with Gasteiger partial charge >= 0.3 is 0 Å². The maximum absolute atomic E-state index is 12.6. The van der Waals surface area contributed by atoms with Crippen LogP contribution >= 0.6 is 0 Å². The van der Waals surface area contributed by atoms with E-state index in [9.17, 15) is 15.0 Å². The summed E-state index contributed by atoms with van der Waals surface area (Å²) in [4.78, 5) is 14.2. The lowest BCUT2D eigenvalue weighted by Gasteiger charge is -2.26. The van der Waals surface area contributed by atoms with E-state index in [0.717, 1.165) is 18.4 Å². The van der Waals surface area contributed by atoms with Crippen molar-refractivity contribution in [2.75, 3.05) is 7.05 Å². The third-order valence-electron chi connectivity index (χ3n) is 4.13. The maximum atomic E-state index is 12.6. The Labute approximate surface area is 123 Å². The summed E-state index contributed by atoms with van der Waals surface area (Å²) >= 11 is 0. The smallest absolute Gasteiger partial charge is 0.258 e. The van der Waals surface area contributed by atoms with E-state index in [1.165, 1.54) is 17.7 Å². The van der Waals surface area contributed by atoms with Crippen LogP contribution in [0.15, 0.2) is 42.5 Å². The molecule has 0 bridgehead atoms. The number of rotatable bonds is 2. The molecule has 0 aliphatic heterocycles. The van der Waals surface area contributed by atoms with Gasteiger partial charge in [-0.15, -0.1) is 0 Å². The molecular formula is C17H17NO3. The van der Waals surface area contributed by atoms with Gasteiger partial charge in [0, 0.05) is 7.05 Å². The molecule has 21 heavy (non-hydrogen) atoms. The molecule has 4 nitrogen and oxygen atoms in total. The first-order valence-corrected chi connectivity index (χ1v) is 6.95. The molecule has 3 rings (SSSR count). The summed E-state index contributed by atoms with van der Waals surface area (Å²) in [5.41, 5.74) is 2.55. The van der Waals surface area contributed by atoms with Crippen molar-refractivity contribution in [1.82, 2.24) is 4.90 Å². The highest BCUT2D eigenvalue weighted by Crippen LogP contribution is 2.37. The summed E-state index contributed by atoms with van der Waals surface area (Å²) in [7, 11) is 1.73. The van der Waals surface area contributed by atoms with Crippen LogP contribution in [-0.2, 0) is 6.42 Å². The van der Waals surface area contributed by atoms with Crippen LogP contribution in [0.5, 0.6) is 11.5 Å². The minimum atomic E-state index is -0.361. The zero-order valence-corrected chi connectivity index (χ0v) is 11.8. The van der Waals surface area contributed by atoms with E-state index in [0.29, 0.717) is 0 Å². The molecule has 0 saturated heterocycles. The SMILES string of the molecule is CN(C(=O)c1cccc(O)c1O)[C@H]1CCc2ccccc21. The lowest BCUT2D eigenvalue weighted by Crippen LogP contribution is -2.30. The molecule has 2 aromatic rings. The average molecular weight is 283 g/mol. The highest BCUT2D eigenvalue weighted by Gasteiger charge is 2.30. The number of hydrogen-bond donors (Lipinski definition) is 2. The number of hydrogen-bond acceptors (Lipinski definition) is 3. The number of amides is 1. The normalized spacial score (nSPS) is 16.5. The van der Waals surface area contributed by atoms with Gasteiger partial charge in [0.2, 0.25) is 0 Å². The largest absolute Gasteiger partial charge is 0.504 e. The fourth-order valence-electron chi connectivity index (χ4n) is 2.97. The fraction of sp³-hybridized carbons (Fsp3) is 0.235. The molecule has 108 valence electrons. The second kappa shape index (κ2) is 5.13. The molecule has 0 heterocycles. The van der Waals surface area contributed by atoms with E-state index < -0.39 is 0 Å². The Balaban J connectivity index is 1.91. The van der Waals surface area contributed by atoms with Crippen LogP contribution in [0.4, 0.5) is 0 Å². The zero-order chi connectivity index (χ0) is 15.0. The van der Waals surface area contributed by atoms with Crippen LogP contribution in [-0.4, -0.2) is 28.1 Å². The van der Waals surface area contributed by atoms with Crippen molar-refractivity contribution in [3.8, 4) is 11.5 Å². The second-order valence-electron chi connectivity index (χ2n) is 5.34. The number of carbonyl (C=O) groups is 1.